The average Bonchev–Trinajstić information content (AvgIpc) is 3.16. The average molecular weight is 566 g/mol. The van der Waals surface area contributed by atoms with Crippen molar-refractivity contribution in [1.29, 1.82) is 0 Å². The lowest BCUT2D eigenvalue weighted by molar-refractivity contribution is -0.123. The number of allylic oxidation sites excluding steroid dienone is 1. The van der Waals surface area contributed by atoms with Gasteiger partial charge in [0.2, 0.25) is 5.91 Å². The molecule has 7 atom stereocenters. The highest BCUT2D eigenvalue weighted by Crippen LogP contribution is 2.45. The summed E-state index contributed by atoms with van der Waals surface area (Å²) >= 11 is 0. The minimum atomic E-state index is -4.75. The number of hydrogen-bond acceptors (Lipinski definition) is 12. The highest BCUT2D eigenvalue weighted by molar-refractivity contribution is 7.47. The smallest absolute Gasteiger partial charge is 0.452 e. The van der Waals surface area contributed by atoms with Gasteiger partial charge in [-0.05, 0) is 18.2 Å². The van der Waals surface area contributed by atoms with Gasteiger partial charge in [-0.1, -0.05) is 24.3 Å². The van der Waals surface area contributed by atoms with Gasteiger partial charge in [0.15, 0.2) is 5.76 Å². The van der Waals surface area contributed by atoms with Gasteiger partial charge < -0.3 is 45.0 Å². The number of carbonyl (C=O) groups is 1. The summed E-state index contributed by atoms with van der Waals surface area (Å²) in [5, 5.41) is 23.3. The van der Waals surface area contributed by atoms with Crippen LogP contribution in [0.25, 0.3) is 0 Å². The fourth-order valence-corrected chi connectivity index (χ4v) is 4.43. The van der Waals surface area contributed by atoms with Crippen LogP contribution in [-0.4, -0.2) is 68.2 Å². The van der Waals surface area contributed by atoms with Crippen LogP contribution in [0.4, 0.5) is 5.82 Å². The van der Waals surface area contributed by atoms with Crippen LogP contribution < -0.4 is 21.5 Å². The molecule has 16 heteroatoms. The molecule has 0 bridgehead atoms. The van der Waals surface area contributed by atoms with Crippen LogP contribution in [0.1, 0.15) is 18.7 Å². The molecule has 3 heterocycles. The lowest BCUT2D eigenvalue weighted by atomic mass is 10.1. The zero-order chi connectivity index (χ0) is 28.2. The van der Waals surface area contributed by atoms with Gasteiger partial charge in [-0.15, -0.1) is 0 Å². The molecule has 0 aliphatic carbocycles. The second-order valence-electron chi connectivity index (χ2n) is 8.54. The summed E-state index contributed by atoms with van der Waals surface area (Å²) in [7, 11) is -4.75. The fourth-order valence-electron chi connectivity index (χ4n) is 3.79. The standard InChI is InChI=1S/C23H27N4O11P/c1-12(28)25-15-8-7-14(37-22(15)36-13-5-3-2-4-6-13)10-34-39(32,33)35-11-17-19(29)20(30)21(38-17)16-9-18(24)27-23(31)26-16/h2-10,15,17,19-22,29-30H,11H2,1H3,(H,25,28)(H,32,33)(H3,24,26,27,31)/b14-10+/t15-,17-,19-,20-,21+,22-/m1/s1. The van der Waals surface area contributed by atoms with Gasteiger partial charge in [0, 0.05) is 13.0 Å². The molecule has 210 valence electrons. The Labute approximate surface area is 221 Å². The number of aliphatic hydroxyl groups is 2. The first kappa shape index (κ1) is 28.3. The molecule has 2 aliphatic heterocycles. The first-order valence-electron chi connectivity index (χ1n) is 11.6. The number of hydrogen-bond donors (Lipinski definition) is 6. The van der Waals surface area contributed by atoms with Gasteiger partial charge >= 0.3 is 13.5 Å². The molecule has 1 aromatic carbocycles. The Hall–Kier alpha value is -3.72. The fraction of sp³-hybridized carbons (Fsp3) is 0.348. The van der Waals surface area contributed by atoms with E-state index in [-0.39, 0.29) is 23.2 Å². The number of para-hydroxylation sites is 1. The highest BCUT2D eigenvalue weighted by Gasteiger charge is 2.45. The third kappa shape index (κ3) is 7.44. The van der Waals surface area contributed by atoms with Gasteiger partial charge in [-0.2, -0.15) is 4.98 Å². The summed E-state index contributed by atoms with van der Waals surface area (Å²) in [5.74, 6) is -0.00546. The Morgan fingerprint density at radius 1 is 1.28 bits per heavy atom. The van der Waals surface area contributed by atoms with Crippen molar-refractivity contribution in [3.63, 3.8) is 0 Å². The van der Waals surface area contributed by atoms with E-state index in [9.17, 15) is 29.3 Å². The number of aromatic amines is 1. The first-order chi connectivity index (χ1) is 18.5. The van der Waals surface area contributed by atoms with Crippen molar-refractivity contribution >= 4 is 19.5 Å². The normalized spacial score (nSPS) is 28.9. The number of nitrogens with zero attached hydrogens (tertiary/aromatic N) is 1. The maximum Gasteiger partial charge on any atom is 0.527 e. The Balaban J connectivity index is 1.37. The quantitative estimate of drug-likeness (QED) is 0.174. The third-order valence-corrected chi connectivity index (χ3v) is 6.38. The molecule has 0 spiro atoms. The van der Waals surface area contributed by atoms with Crippen molar-refractivity contribution < 1.29 is 47.7 Å². The molecule has 0 saturated carbocycles. The number of nitrogens with two attached hydrogens (primary N) is 1. The van der Waals surface area contributed by atoms with Crippen LogP contribution in [0.5, 0.6) is 5.75 Å². The van der Waals surface area contributed by atoms with E-state index in [1.54, 1.807) is 36.4 Å². The topological polar surface area (TPSA) is 225 Å². The third-order valence-electron chi connectivity index (χ3n) is 5.54. The molecule has 1 fully saturated rings. The highest BCUT2D eigenvalue weighted by atomic mass is 31.2. The van der Waals surface area contributed by atoms with E-state index in [1.165, 1.54) is 19.1 Å². The van der Waals surface area contributed by atoms with Crippen molar-refractivity contribution in [2.75, 3.05) is 12.3 Å². The molecule has 2 aliphatic rings. The van der Waals surface area contributed by atoms with Crippen molar-refractivity contribution in [2.45, 2.75) is 43.7 Å². The molecule has 4 rings (SSSR count). The van der Waals surface area contributed by atoms with E-state index in [0.717, 1.165) is 6.26 Å². The summed E-state index contributed by atoms with van der Waals surface area (Å²) < 4.78 is 39.2. The Kier molecular flexibility index (Phi) is 8.70. The summed E-state index contributed by atoms with van der Waals surface area (Å²) in [6, 6.07) is 9.25. The summed E-state index contributed by atoms with van der Waals surface area (Å²) in [6.45, 7) is 0.677. The molecule has 2 aromatic rings. The van der Waals surface area contributed by atoms with E-state index in [0.29, 0.717) is 5.75 Å². The van der Waals surface area contributed by atoms with Crippen molar-refractivity contribution in [2.24, 2.45) is 0 Å². The van der Waals surface area contributed by atoms with E-state index in [1.807, 2.05) is 0 Å². The van der Waals surface area contributed by atoms with E-state index < -0.39 is 56.9 Å². The SMILES string of the molecule is CC(=O)N[C@@H]1C=C/C(=C\OP(=O)(O)OC[C@H]2O[C@@H](c3cc(N)nc(=O)[nH]3)[C@H](O)[C@@H]2O)O[C@H]1Oc1ccccc1. The number of phosphoric ester groups is 1. The van der Waals surface area contributed by atoms with Crippen LogP contribution in [0.3, 0.4) is 0 Å². The van der Waals surface area contributed by atoms with Gasteiger partial charge in [0.05, 0.1) is 12.3 Å². The molecular formula is C23H27N4O11P. The summed E-state index contributed by atoms with van der Waals surface area (Å²) in [4.78, 5) is 39.0. The van der Waals surface area contributed by atoms with Gasteiger partial charge in [0.25, 0.3) is 6.29 Å². The van der Waals surface area contributed by atoms with Crippen molar-refractivity contribution in [3.8, 4) is 5.75 Å². The van der Waals surface area contributed by atoms with Crippen LogP contribution >= 0.6 is 7.82 Å². The first-order valence-corrected chi connectivity index (χ1v) is 13.1. The number of amides is 1. The number of nitrogen functional groups attached to an aromatic ring is 1. The minimum Gasteiger partial charge on any atom is -0.452 e. The summed E-state index contributed by atoms with van der Waals surface area (Å²) in [5.41, 5.74) is 4.81. The Morgan fingerprint density at radius 3 is 2.72 bits per heavy atom. The number of aliphatic hydroxyl groups excluding tert-OH is 2. The molecule has 1 saturated heterocycles. The molecule has 1 aromatic heterocycles. The monoisotopic (exact) mass is 566 g/mol. The largest absolute Gasteiger partial charge is 0.527 e. The van der Waals surface area contributed by atoms with Crippen LogP contribution in [0.2, 0.25) is 0 Å². The lowest BCUT2D eigenvalue weighted by Gasteiger charge is -2.30. The van der Waals surface area contributed by atoms with Gasteiger partial charge in [0.1, 0.15) is 48.3 Å². The molecule has 39 heavy (non-hydrogen) atoms. The number of ether oxygens (including phenoxy) is 3. The molecule has 7 N–H and O–H groups in total. The molecule has 15 nitrogen and oxygen atoms in total. The van der Waals surface area contributed by atoms with Crippen LogP contribution in [-0.2, 0) is 27.9 Å². The number of aromatic nitrogens is 2. The van der Waals surface area contributed by atoms with Crippen molar-refractivity contribution in [3.05, 3.63) is 76.7 Å². The predicted molar refractivity (Wildman–Crippen MR) is 133 cm³/mol. The molecular weight excluding hydrogens is 539 g/mol. The van der Waals surface area contributed by atoms with Crippen molar-refractivity contribution in [1.82, 2.24) is 15.3 Å². The van der Waals surface area contributed by atoms with E-state index in [4.69, 9.17) is 29.0 Å². The number of benzene rings is 1. The number of carbonyl (C=O) groups excluding carboxylic acids is 1. The Morgan fingerprint density at radius 2 is 2.03 bits per heavy atom. The van der Waals surface area contributed by atoms with E-state index >= 15 is 0 Å². The molecule has 1 amide bonds. The lowest BCUT2D eigenvalue weighted by Crippen LogP contribution is -2.46. The zero-order valence-electron chi connectivity index (χ0n) is 20.4. The zero-order valence-corrected chi connectivity index (χ0v) is 21.3. The van der Waals surface area contributed by atoms with E-state index in [2.05, 4.69) is 15.3 Å². The van der Waals surface area contributed by atoms with Gasteiger partial charge in [-0.3, -0.25) is 14.2 Å². The summed E-state index contributed by atoms with van der Waals surface area (Å²) in [6.07, 6.45) is -2.73. The maximum atomic E-state index is 12.5. The Bertz CT molecular complexity index is 1330. The number of H-pyrrole nitrogens is 1. The number of phosphoric acid groups is 1. The minimum absolute atomic E-state index is 0.0118. The maximum absolute atomic E-state index is 12.5. The second kappa shape index (κ2) is 12.0. The molecule has 0 radical (unpaired) electrons. The van der Waals surface area contributed by atoms with Crippen LogP contribution in [0, 0.1) is 0 Å². The predicted octanol–water partition coefficient (Wildman–Crippen LogP) is -0.0150. The molecule has 1 unspecified atom stereocenters. The number of nitrogens with one attached hydrogen (secondary N) is 2. The number of anilines is 1. The van der Waals surface area contributed by atoms with Gasteiger partial charge in [-0.25, -0.2) is 9.36 Å². The second-order valence-corrected chi connectivity index (χ2v) is 9.94. The number of rotatable bonds is 9. The van der Waals surface area contributed by atoms with Crippen LogP contribution in [0.15, 0.2) is 65.4 Å².